The number of sulfonamides is 1. The van der Waals surface area contributed by atoms with Crippen molar-refractivity contribution in [2.45, 2.75) is 33.5 Å². The van der Waals surface area contributed by atoms with Gasteiger partial charge in [0, 0.05) is 0 Å². The number of benzene rings is 1. The van der Waals surface area contributed by atoms with Crippen LogP contribution >= 0.6 is 0 Å². The molecule has 0 atom stereocenters. The minimum absolute atomic E-state index is 0.0787. The van der Waals surface area contributed by atoms with Crippen molar-refractivity contribution in [2.75, 3.05) is 10.5 Å². The van der Waals surface area contributed by atoms with Crippen LogP contribution in [0.3, 0.4) is 0 Å². The number of aromatic nitrogens is 2. The van der Waals surface area contributed by atoms with E-state index in [0.717, 1.165) is 12.1 Å². The van der Waals surface area contributed by atoms with Crippen LogP contribution in [-0.2, 0) is 22.7 Å². The van der Waals surface area contributed by atoms with Crippen molar-refractivity contribution in [2.24, 2.45) is 0 Å². The zero-order valence-electron chi connectivity index (χ0n) is 13.5. The Morgan fingerprint density at radius 3 is 2.50 bits per heavy atom. The Labute approximate surface area is 138 Å². The Morgan fingerprint density at radius 2 is 1.92 bits per heavy atom. The van der Waals surface area contributed by atoms with Crippen molar-refractivity contribution in [3.05, 3.63) is 46.8 Å². The Hall–Kier alpha value is -2.03. The Balaban J connectivity index is 2.32. The molecular formula is C15H18F3N3O2S. The Kier molecular flexibility index (Phi) is 4.93. The van der Waals surface area contributed by atoms with Gasteiger partial charge in [-0.2, -0.15) is 18.3 Å². The van der Waals surface area contributed by atoms with E-state index in [1.165, 1.54) is 17.7 Å². The van der Waals surface area contributed by atoms with Crippen LogP contribution in [0.1, 0.15) is 29.4 Å². The summed E-state index contributed by atoms with van der Waals surface area (Å²) in [4.78, 5) is 0. The molecule has 0 amide bonds. The largest absolute Gasteiger partial charge is 0.416 e. The SMILES string of the molecule is CCS(=O)(=O)Nc1c(C)nn(Cc2cccc(C(F)(F)F)c2)c1C. The molecule has 24 heavy (non-hydrogen) atoms. The van der Waals surface area contributed by atoms with E-state index in [-0.39, 0.29) is 12.3 Å². The fourth-order valence-corrected chi connectivity index (χ4v) is 3.00. The van der Waals surface area contributed by atoms with Gasteiger partial charge >= 0.3 is 6.18 Å². The number of aryl methyl sites for hydroxylation is 1. The molecule has 0 radical (unpaired) electrons. The smallest absolute Gasteiger partial charge is 0.280 e. The van der Waals surface area contributed by atoms with Gasteiger partial charge in [-0.15, -0.1) is 0 Å². The summed E-state index contributed by atoms with van der Waals surface area (Å²) < 4.78 is 65.7. The summed E-state index contributed by atoms with van der Waals surface area (Å²) in [6, 6.07) is 4.98. The van der Waals surface area contributed by atoms with E-state index < -0.39 is 21.8 Å². The maximum Gasteiger partial charge on any atom is 0.416 e. The van der Waals surface area contributed by atoms with Gasteiger partial charge in [-0.05, 0) is 38.5 Å². The number of hydrogen-bond acceptors (Lipinski definition) is 3. The number of anilines is 1. The third kappa shape index (κ3) is 4.08. The van der Waals surface area contributed by atoms with Gasteiger partial charge in [0.2, 0.25) is 10.0 Å². The maximum absolute atomic E-state index is 12.8. The minimum atomic E-state index is -4.41. The molecular weight excluding hydrogens is 343 g/mol. The molecule has 1 aromatic carbocycles. The van der Waals surface area contributed by atoms with Gasteiger partial charge in [0.25, 0.3) is 0 Å². The van der Waals surface area contributed by atoms with Crippen LogP contribution in [-0.4, -0.2) is 24.0 Å². The van der Waals surface area contributed by atoms with Crippen molar-refractivity contribution in [1.82, 2.24) is 9.78 Å². The summed E-state index contributed by atoms with van der Waals surface area (Å²) in [5, 5.41) is 4.22. The molecule has 0 aliphatic rings. The second-order valence-electron chi connectivity index (χ2n) is 5.41. The van der Waals surface area contributed by atoms with Gasteiger partial charge < -0.3 is 0 Å². The van der Waals surface area contributed by atoms with E-state index >= 15 is 0 Å². The van der Waals surface area contributed by atoms with Crippen molar-refractivity contribution in [3.8, 4) is 0 Å². The fourth-order valence-electron chi connectivity index (χ4n) is 2.25. The van der Waals surface area contributed by atoms with Crippen LogP contribution in [0.25, 0.3) is 0 Å². The van der Waals surface area contributed by atoms with E-state index in [9.17, 15) is 21.6 Å². The number of nitrogens with zero attached hydrogens (tertiary/aromatic N) is 2. The monoisotopic (exact) mass is 361 g/mol. The number of hydrogen-bond donors (Lipinski definition) is 1. The summed E-state index contributed by atoms with van der Waals surface area (Å²) in [6.07, 6.45) is -4.41. The van der Waals surface area contributed by atoms with E-state index in [2.05, 4.69) is 9.82 Å². The number of rotatable bonds is 5. The van der Waals surface area contributed by atoms with Crippen LogP contribution in [0.2, 0.25) is 0 Å². The van der Waals surface area contributed by atoms with Crippen LogP contribution in [0.4, 0.5) is 18.9 Å². The lowest BCUT2D eigenvalue weighted by Gasteiger charge is -2.10. The lowest BCUT2D eigenvalue weighted by molar-refractivity contribution is -0.137. The molecule has 0 saturated carbocycles. The van der Waals surface area contributed by atoms with E-state index in [1.807, 2.05) is 0 Å². The van der Waals surface area contributed by atoms with Crippen molar-refractivity contribution < 1.29 is 21.6 Å². The average Bonchev–Trinajstić information content (AvgIpc) is 2.74. The summed E-state index contributed by atoms with van der Waals surface area (Å²) >= 11 is 0. The predicted octanol–water partition coefficient (Wildman–Crippen LogP) is 3.33. The van der Waals surface area contributed by atoms with Crippen LogP contribution in [0.15, 0.2) is 24.3 Å². The topological polar surface area (TPSA) is 64.0 Å². The normalized spacial score (nSPS) is 12.4. The second kappa shape index (κ2) is 6.46. The highest BCUT2D eigenvalue weighted by atomic mass is 32.2. The van der Waals surface area contributed by atoms with Crippen LogP contribution in [0.5, 0.6) is 0 Å². The van der Waals surface area contributed by atoms with E-state index in [1.54, 1.807) is 19.9 Å². The highest BCUT2D eigenvalue weighted by molar-refractivity contribution is 7.92. The molecule has 0 fully saturated rings. The molecule has 0 bridgehead atoms. The summed E-state index contributed by atoms with van der Waals surface area (Å²) in [6.45, 7) is 4.94. The highest BCUT2D eigenvalue weighted by Crippen LogP contribution is 2.30. The average molecular weight is 361 g/mol. The zero-order chi connectivity index (χ0) is 18.1. The summed E-state index contributed by atoms with van der Waals surface area (Å²) in [5.41, 5.74) is 1.08. The lowest BCUT2D eigenvalue weighted by Crippen LogP contribution is -2.15. The standard InChI is InChI=1S/C15H18F3N3O2S/c1-4-24(22,23)20-14-10(2)19-21(11(14)3)9-12-6-5-7-13(8-12)15(16,17)18/h5-8,20H,4,9H2,1-3H3. The van der Waals surface area contributed by atoms with Crippen molar-refractivity contribution in [1.29, 1.82) is 0 Å². The molecule has 2 rings (SSSR count). The van der Waals surface area contributed by atoms with Gasteiger partial charge in [0.05, 0.1) is 34.9 Å². The van der Waals surface area contributed by atoms with Gasteiger partial charge in [-0.3, -0.25) is 9.40 Å². The highest BCUT2D eigenvalue weighted by Gasteiger charge is 2.30. The molecule has 1 heterocycles. The molecule has 1 aromatic heterocycles. The predicted molar refractivity (Wildman–Crippen MR) is 85.3 cm³/mol. The second-order valence-corrected chi connectivity index (χ2v) is 7.42. The number of halogens is 3. The quantitative estimate of drug-likeness (QED) is 0.888. The first-order chi connectivity index (χ1) is 11.0. The van der Waals surface area contributed by atoms with Crippen molar-refractivity contribution >= 4 is 15.7 Å². The molecule has 5 nitrogen and oxygen atoms in total. The minimum Gasteiger partial charge on any atom is -0.280 e. The molecule has 2 aromatic rings. The van der Waals surface area contributed by atoms with Gasteiger partial charge in [-0.25, -0.2) is 8.42 Å². The fraction of sp³-hybridized carbons (Fsp3) is 0.400. The Morgan fingerprint density at radius 1 is 1.25 bits per heavy atom. The molecule has 0 aliphatic carbocycles. The van der Waals surface area contributed by atoms with E-state index in [4.69, 9.17) is 0 Å². The van der Waals surface area contributed by atoms with Gasteiger partial charge in [0.1, 0.15) is 0 Å². The van der Waals surface area contributed by atoms with E-state index in [0.29, 0.717) is 22.6 Å². The first kappa shape index (κ1) is 18.3. The molecule has 1 N–H and O–H groups in total. The number of nitrogens with one attached hydrogen (secondary N) is 1. The molecule has 0 saturated heterocycles. The summed E-state index contributed by atoms with van der Waals surface area (Å²) in [7, 11) is -3.46. The van der Waals surface area contributed by atoms with Gasteiger partial charge in [-0.1, -0.05) is 12.1 Å². The molecule has 132 valence electrons. The first-order valence-electron chi connectivity index (χ1n) is 7.24. The summed E-state index contributed by atoms with van der Waals surface area (Å²) in [5.74, 6) is -0.0787. The third-order valence-electron chi connectivity index (χ3n) is 3.61. The van der Waals surface area contributed by atoms with Crippen LogP contribution < -0.4 is 4.72 Å². The molecule has 9 heteroatoms. The first-order valence-corrected chi connectivity index (χ1v) is 8.89. The van der Waals surface area contributed by atoms with Gasteiger partial charge in [0.15, 0.2) is 0 Å². The lowest BCUT2D eigenvalue weighted by atomic mass is 10.1. The molecule has 0 unspecified atom stereocenters. The van der Waals surface area contributed by atoms with Crippen molar-refractivity contribution in [3.63, 3.8) is 0 Å². The Bertz CT molecular complexity index is 842. The van der Waals surface area contributed by atoms with Crippen LogP contribution in [0, 0.1) is 13.8 Å². The maximum atomic E-state index is 12.8. The molecule has 0 aliphatic heterocycles. The molecule has 0 spiro atoms. The zero-order valence-corrected chi connectivity index (χ0v) is 14.3. The number of alkyl halides is 3. The third-order valence-corrected chi connectivity index (χ3v) is 4.88.